The van der Waals surface area contributed by atoms with Crippen LogP contribution in [0.2, 0.25) is 0 Å². The van der Waals surface area contributed by atoms with Gasteiger partial charge in [-0.3, -0.25) is 9.67 Å². The summed E-state index contributed by atoms with van der Waals surface area (Å²) in [6.45, 7) is 9.61. The first-order valence-electron chi connectivity index (χ1n) is 10.7. The maximum Gasteiger partial charge on any atom is 0.191 e. The minimum atomic E-state index is -0.0525. The fourth-order valence-corrected chi connectivity index (χ4v) is 3.78. The lowest BCUT2D eigenvalue weighted by Crippen LogP contribution is -2.38. The fraction of sp³-hybridized carbons (Fsp3) is 0.478. The van der Waals surface area contributed by atoms with Crippen molar-refractivity contribution in [3.63, 3.8) is 0 Å². The Hall–Kier alpha value is -2.23. The molecule has 2 N–H and O–H groups in total. The van der Waals surface area contributed by atoms with Crippen LogP contribution in [-0.4, -0.2) is 29.4 Å². The lowest BCUT2D eigenvalue weighted by atomic mass is 10.1. The Morgan fingerprint density at radius 2 is 2.03 bits per heavy atom. The summed E-state index contributed by atoms with van der Waals surface area (Å²) in [7, 11) is 3.79. The minimum Gasteiger partial charge on any atom is -0.490 e. The van der Waals surface area contributed by atoms with Gasteiger partial charge in [-0.05, 0) is 38.8 Å². The first-order chi connectivity index (χ1) is 14.5. The van der Waals surface area contributed by atoms with E-state index in [0.29, 0.717) is 13.2 Å². The van der Waals surface area contributed by atoms with E-state index in [4.69, 9.17) is 9.15 Å². The number of rotatable bonds is 8. The molecule has 0 amide bonds. The summed E-state index contributed by atoms with van der Waals surface area (Å²) in [6.07, 6.45) is 1.86. The van der Waals surface area contributed by atoms with Crippen LogP contribution in [0.1, 0.15) is 56.4 Å². The van der Waals surface area contributed by atoms with E-state index in [1.54, 1.807) is 7.05 Å². The molecule has 31 heavy (non-hydrogen) atoms. The zero-order valence-corrected chi connectivity index (χ0v) is 21.6. The van der Waals surface area contributed by atoms with Crippen molar-refractivity contribution in [2.24, 2.45) is 12.0 Å². The largest absolute Gasteiger partial charge is 0.490 e. The Bertz CT molecular complexity index is 1020. The summed E-state index contributed by atoms with van der Waals surface area (Å²) in [5.74, 6) is 2.33. The van der Waals surface area contributed by atoms with E-state index >= 15 is 0 Å². The summed E-state index contributed by atoms with van der Waals surface area (Å²) in [5, 5.41) is 12.5. The van der Waals surface area contributed by atoms with Gasteiger partial charge in [0.15, 0.2) is 17.3 Å². The second kappa shape index (κ2) is 11.4. The van der Waals surface area contributed by atoms with Crippen LogP contribution >= 0.6 is 24.0 Å². The number of nitrogens with zero attached hydrogens (tertiary/aromatic N) is 3. The Balaban J connectivity index is 0.00000341. The van der Waals surface area contributed by atoms with Crippen molar-refractivity contribution in [1.82, 2.24) is 20.4 Å². The van der Waals surface area contributed by atoms with Gasteiger partial charge in [-0.1, -0.05) is 26.0 Å². The highest BCUT2D eigenvalue weighted by atomic mass is 127. The SMILES string of the molecule is CCOc1cccc2cc(C(C)NC(=NC)NCc3c(CC)nn(C)c3CC)oc12.I. The van der Waals surface area contributed by atoms with E-state index in [9.17, 15) is 0 Å². The number of nitrogens with one attached hydrogen (secondary N) is 2. The van der Waals surface area contributed by atoms with Crippen LogP contribution in [0.4, 0.5) is 0 Å². The van der Waals surface area contributed by atoms with Crippen molar-refractivity contribution in [3.8, 4) is 5.75 Å². The number of guanidine groups is 1. The Kier molecular flexibility index (Phi) is 9.21. The second-order valence-corrected chi connectivity index (χ2v) is 7.25. The number of halogens is 1. The van der Waals surface area contributed by atoms with E-state index in [2.05, 4.69) is 41.5 Å². The zero-order valence-electron chi connectivity index (χ0n) is 19.3. The van der Waals surface area contributed by atoms with Crippen molar-refractivity contribution in [2.75, 3.05) is 13.7 Å². The molecule has 2 heterocycles. The molecule has 0 radical (unpaired) electrons. The normalized spacial score (nSPS) is 12.5. The molecule has 0 aliphatic rings. The molecule has 0 aliphatic carbocycles. The number of aryl methyl sites for hydroxylation is 2. The van der Waals surface area contributed by atoms with Gasteiger partial charge in [-0.25, -0.2) is 0 Å². The van der Waals surface area contributed by atoms with Crippen molar-refractivity contribution in [3.05, 3.63) is 47.0 Å². The predicted octanol–water partition coefficient (Wildman–Crippen LogP) is 4.73. The van der Waals surface area contributed by atoms with Crippen LogP contribution in [0.15, 0.2) is 33.7 Å². The van der Waals surface area contributed by atoms with Crippen molar-refractivity contribution >= 4 is 40.9 Å². The number of benzene rings is 1. The maximum absolute atomic E-state index is 6.11. The third-order valence-electron chi connectivity index (χ3n) is 5.29. The lowest BCUT2D eigenvalue weighted by molar-refractivity contribution is 0.336. The zero-order chi connectivity index (χ0) is 21.7. The lowest BCUT2D eigenvalue weighted by Gasteiger charge is -2.17. The van der Waals surface area contributed by atoms with Crippen LogP contribution in [0.5, 0.6) is 5.75 Å². The molecule has 0 saturated carbocycles. The molecular formula is C23H34IN5O2. The Labute approximate surface area is 201 Å². The molecule has 170 valence electrons. The van der Waals surface area contributed by atoms with E-state index in [-0.39, 0.29) is 30.0 Å². The number of aliphatic imine (C=N–C) groups is 1. The van der Waals surface area contributed by atoms with Gasteiger partial charge >= 0.3 is 0 Å². The number of hydrogen-bond acceptors (Lipinski definition) is 4. The van der Waals surface area contributed by atoms with Gasteiger partial charge in [0.05, 0.1) is 18.3 Å². The summed E-state index contributed by atoms with van der Waals surface area (Å²) in [5.41, 5.74) is 4.42. The first-order valence-corrected chi connectivity index (χ1v) is 10.7. The fourth-order valence-electron chi connectivity index (χ4n) is 3.78. The summed E-state index contributed by atoms with van der Waals surface area (Å²) < 4.78 is 13.8. The van der Waals surface area contributed by atoms with Gasteiger partial charge in [-0.2, -0.15) is 5.10 Å². The van der Waals surface area contributed by atoms with Crippen molar-refractivity contribution in [1.29, 1.82) is 0 Å². The number of ether oxygens (including phenoxy) is 1. The highest BCUT2D eigenvalue weighted by Gasteiger charge is 2.17. The third kappa shape index (κ3) is 5.53. The molecule has 1 aromatic carbocycles. The van der Waals surface area contributed by atoms with Gasteiger partial charge in [0.2, 0.25) is 0 Å². The second-order valence-electron chi connectivity index (χ2n) is 7.25. The summed E-state index contributed by atoms with van der Waals surface area (Å²) in [4.78, 5) is 4.39. The van der Waals surface area contributed by atoms with Gasteiger partial charge in [0.25, 0.3) is 0 Å². The van der Waals surface area contributed by atoms with Crippen LogP contribution in [0, 0.1) is 0 Å². The number of aromatic nitrogens is 2. The van der Waals surface area contributed by atoms with E-state index in [0.717, 1.165) is 47.0 Å². The maximum atomic E-state index is 6.11. The molecule has 0 spiro atoms. The molecule has 1 unspecified atom stereocenters. The van der Waals surface area contributed by atoms with Crippen molar-refractivity contribution in [2.45, 2.75) is 53.1 Å². The number of para-hydroxylation sites is 1. The summed E-state index contributed by atoms with van der Waals surface area (Å²) >= 11 is 0. The molecule has 0 saturated heterocycles. The molecule has 7 nitrogen and oxygen atoms in total. The van der Waals surface area contributed by atoms with Crippen LogP contribution in [0.25, 0.3) is 11.0 Å². The van der Waals surface area contributed by atoms with E-state index < -0.39 is 0 Å². The van der Waals surface area contributed by atoms with E-state index in [1.165, 1.54) is 11.3 Å². The smallest absolute Gasteiger partial charge is 0.191 e. The van der Waals surface area contributed by atoms with Crippen molar-refractivity contribution < 1.29 is 9.15 Å². The van der Waals surface area contributed by atoms with Gasteiger partial charge in [-0.15, -0.1) is 24.0 Å². The third-order valence-corrected chi connectivity index (χ3v) is 5.29. The average Bonchev–Trinajstić information content (AvgIpc) is 3.32. The molecule has 0 bridgehead atoms. The van der Waals surface area contributed by atoms with Crippen LogP contribution in [0.3, 0.4) is 0 Å². The standard InChI is InChI=1S/C23H33N5O2.HI/c1-7-18-17(19(8-2)28(6)27-18)14-25-23(24-5)26-15(4)21-13-16-11-10-12-20(29-9-3)22(16)30-21;/h10-13,15H,7-9,14H2,1-6H3,(H2,24,25,26);1H. The quantitative estimate of drug-likeness (QED) is 0.246. The average molecular weight is 539 g/mol. The Morgan fingerprint density at radius 3 is 2.68 bits per heavy atom. The highest BCUT2D eigenvalue weighted by Crippen LogP contribution is 2.31. The topological polar surface area (TPSA) is 76.6 Å². The number of furan rings is 1. The van der Waals surface area contributed by atoms with Crippen LogP contribution in [-0.2, 0) is 26.4 Å². The molecule has 2 aromatic heterocycles. The first kappa shape index (κ1) is 25.0. The molecule has 8 heteroatoms. The van der Waals surface area contributed by atoms with Gasteiger partial charge < -0.3 is 19.8 Å². The molecular weight excluding hydrogens is 505 g/mol. The highest BCUT2D eigenvalue weighted by molar-refractivity contribution is 14.0. The molecule has 0 fully saturated rings. The molecule has 1 atom stereocenters. The molecule has 3 rings (SSSR count). The Morgan fingerprint density at radius 1 is 1.26 bits per heavy atom. The molecule has 0 aliphatic heterocycles. The van der Waals surface area contributed by atoms with E-state index in [1.807, 2.05) is 42.9 Å². The van der Waals surface area contributed by atoms with Gasteiger partial charge in [0, 0.05) is 37.3 Å². The monoisotopic (exact) mass is 539 g/mol. The van der Waals surface area contributed by atoms with Gasteiger partial charge in [0.1, 0.15) is 5.76 Å². The predicted molar refractivity (Wildman–Crippen MR) is 137 cm³/mol. The summed E-state index contributed by atoms with van der Waals surface area (Å²) in [6, 6.07) is 7.95. The number of fused-ring (bicyclic) bond motifs is 1. The molecule has 3 aromatic rings. The minimum absolute atomic E-state index is 0. The number of hydrogen-bond donors (Lipinski definition) is 2. The van der Waals surface area contributed by atoms with Crippen LogP contribution < -0.4 is 15.4 Å².